The number of aliphatic hydroxyl groups is 2. The fourth-order valence-electron chi connectivity index (χ4n) is 1.51. The minimum Gasteiger partial charge on any atom is -0.395 e. The summed E-state index contributed by atoms with van der Waals surface area (Å²) in [5.74, 6) is 0.0337. The minimum atomic E-state index is -0.333. The summed E-state index contributed by atoms with van der Waals surface area (Å²) >= 11 is 0. The molecule has 0 fully saturated rings. The van der Waals surface area contributed by atoms with Crippen LogP contribution in [-0.2, 0) is 0 Å². The van der Waals surface area contributed by atoms with Gasteiger partial charge in [0.05, 0.1) is 13.2 Å². The molecule has 7 heteroatoms. The van der Waals surface area contributed by atoms with Crippen LogP contribution in [0.4, 0.5) is 5.95 Å². The molecule has 0 spiro atoms. The summed E-state index contributed by atoms with van der Waals surface area (Å²) in [5, 5.41) is 20.6. The molecule has 18 heavy (non-hydrogen) atoms. The van der Waals surface area contributed by atoms with E-state index in [4.69, 9.17) is 10.2 Å². The molecular formula is C11H18N4O3. The van der Waals surface area contributed by atoms with Crippen LogP contribution < -0.4 is 5.32 Å². The van der Waals surface area contributed by atoms with Crippen LogP contribution in [0.1, 0.15) is 16.2 Å². The van der Waals surface area contributed by atoms with Gasteiger partial charge in [0.2, 0.25) is 5.95 Å². The molecule has 1 rings (SSSR count). The average Bonchev–Trinajstić information content (AvgIpc) is 2.36. The number of amides is 1. The number of aromatic nitrogens is 2. The quantitative estimate of drug-likeness (QED) is 0.618. The van der Waals surface area contributed by atoms with Crippen molar-refractivity contribution in [2.45, 2.75) is 6.92 Å². The molecule has 0 aliphatic carbocycles. The van der Waals surface area contributed by atoms with Crippen LogP contribution in [0.15, 0.2) is 6.07 Å². The van der Waals surface area contributed by atoms with E-state index >= 15 is 0 Å². The Kier molecular flexibility index (Phi) is 5.47. The van der Waals surface area contributed by atoms with Crippen molar-refractivity contribution >= 4 is 11.9 Å². The van der Waals surface area contributed by atoms with E-state index in [1.807, 2.05) is 0 Å². The molecule has 0 saturated carbocycles. The van der Waals surface area contributed by atoms with Gasteiger partial charge < -0.3 is 20.4 Å². The summed E-state index contributed by atoms with van der Waals surface area (Å²) in [4.78, 5) is 21.6. The van der Waals surface area contributed by atoms with Crippen LogP contribution in [0.5, 0.6) is 0 Å². The molecule has 0 aliphatic rings. The van der Waals surface area contributed by atoms with Gasteiger partial charge in [0.15, 0.2) is 0 Å². The van der Waals surface area contributed by atoms with Gasteiger partial charge >= 0.3 is 0 Å². The zero-order chi connectivity index (χ0) is 13.5. The summed E-state index contributed by atoms with van der Waals surface area (Å²) in [5.41, 5.74) is 0.916. The van der Waals surface area contributed by atoms with E-state index in [0.717, 1.165) is 0 Å². The first-order valence-electron chi connectivity index (χ1n) is 5.66. The standard InChI is InChI=1S/C11H18N4O3/c1-8-7-9(14-11(12-2)13-8)10(18)15(3-5-16)4-6-17/h7,16-17H,3-6H2,1-2H3,(H,12,13,14). The summed E-state index contributed by atoms with van der Waals surface area (Å²) in [6.45, 7) is 1.78. The average molecular weight is 254 g/mol. The number of nitrogens with one attached hydrogen (secondary N) is 1. The van der Waals surface area contributed by atoms with Crippen LogP contribution in [0.25, 0.3) is 0 Å². The Balaban J connectivity index is 2.96. The molecule has 0 radical (unpaired) electrons. The summed E-state index contributed by atoms with van der Waals surface area (Å²) < 4.78 is 0. The monoisotopic (exact) mass is 254 g/mol. The highest BCUT2D eigenvalue weighted by molar-refractivity contribution is 5.92. The first-order chi connectivity index (χ1) is 8.62. The maximum Gasteiger partial charge on any atom is 0.272 e. The molecular weight excluding hydrogens is 236 g/mol. The highest BCUT2D eigenvalue weighted by Gasteiger charge is 2.17. The summed E-state index contributed by atoms with van der Waals surface area (Å²) in [7, 11) is 1.67. The third kappa shape index (κ3) is 3.64. The van der Waals surface area contributed by atoms with E-state index in [9.17, 15) is 4.79 Å². The van der Waals surface area contributed by atoms with Gasteiger partial charge in [-0.2, -0.15) is 0 Å². The smallest absolute Gasteiger partial charge is 0.272 e. The number of nitrogens with zero attached hydrogens (tertiary/aromatic N) is 3. The highest BCUT2D eigenvalue weighted by Crippen LogP contribution is 2.07. The van der Waals surface area contributed by atoms with Crippen LogP contribution in [-0.4, -0.2) is 64.3 Å². The highest BCUT2D eigenvalue weighted by atomic mass is 16.3. The molecule has 1 amide bonds. The van der Waals surface area contributed by atoms with Crippen molar-refractivity contribution in [1.82, 2.24) is 14.9 Å². The van der Waals surface area contributed by atoms with Gasteiger partial charge in [0, 0.05) is 25.8 Å². The van der Waals surface area contributed by atoms with Crippen molar-refractivity contribution in [3.63, 3.8) is 0 Å². The zero-order valence-electron chi connectivity index (χ0n) is 10.6. The molecule has 1 aromatic rings. The molecule has 1 aromatic heterocycles. The number of aliphatic hydroxyl groups excluding tert-OH is 2. The molecule has 1 heterocycles. The molecule has 0 aromatic carbocycles. The topological polar surface area (TPSA) is 98.6 Å². The van der Waals surface area contributed by atoms with Gasteiger partial charge in [-0.3, -0.25) is 4.79 Å². The van der Waals surface area contributed by atoms with Crippen LogP contribution in [0.3, 0.4) is 0 Å². The van der Waals surface area contributed by atoms with Crippen molar-refractivity contribution in [3.8, 4) is 0 Å². The second kappa shape index (κ2) is 6.87. The normalized spacial score (nSPS) is 10.2. The van der Waals surface area contributed by atoms with E-state index in [2.05, 4.69) is 15.3 Å². The molecule has 3 N–H and O–H groups in total. The molecule has 0 unspecified atom stereocenters. The van der Waals surface area contributed by atoms with Crippen molar-refractivity contribution < 1.29 is 15.0 Å². The number of anilines is 1. The molecule has 0 atom stereocenters. The number of carbonyl (C=O) groups excluding carboxylic acids is 1. The fourth-order valence-corrected chi connectivity index (χ4v) is 1.51. The Labute approximate surface area is 105 Å². The summed E-state index contributed by atoms with van der Waals surface area (Å²) in [6.07, 6.45) is 0. The molecule has 0 aliphatic heterocycles. The van der Waals surface area contributed by atoms with Crippen LogP contribution in [0.2, 0.25) is 0 Å². The Bertz CT molecular complexity index is 405. The minimum absolute atomic E-state index is 0.158. The van der Waals surface area contributed by atoms with Crippen molar-refractivity contribution in [3.05, 3.63) is 17.5 Å². The van der Waals surface area contributed by atoms with E-state index in [-0.39, 0.29) is 37.9 Å². The maximum absolute atomic E-state index is 12.1. The predicted molar refractivity (Wildman–Crippen MR) is 66.4 cm³/mol. The molecule has 0 bridgehead atoms. The number of hydrogen-bond donors (Lipinski definition) is 3. The predicted octanol–water partition coefficient (Wildman–Crippen LogP) is -0.746. The Morgan fingerprint density at radius 2 is 1.94 bits per heavy atom. The number of carbonyl (C=O) groups is 1. The van der Waals surface area contributed by atoms with E-state index in [1.54, 1.807) is 20.0 Å². The summed E-state index contributed by atoms with van der Waals surface area (Å²) in [6, 6.07) is 1.57. The van der Waals surface area contributed by atoms with E-state index < -0.39 is 0 Å². The first kappa shape index (κ1) is 14.3. The Hall–Kier alpha value is -1.73. The Morgan fingerprint density at radius 1 is 1.33 bits per heavy atom. The largest absolute Gasteiger partial charge is 0.395 e. The lowest BCUT2D eigenvalue weighted by molar-refractivity contribution is 0.0679. The lowest BCUT2D eigenvalue weighted by atomic mass is 10.3. The van der Waals surface area contributed by atoms with Gasteiger partial charge in [0.25, 0.3) is 5.91 Å². The third-order valence-corrected chi connectivity index (χ3v) is 2.32. The molecule has 7 nitrogen and oxygen atoms in total. The number of aryl methyl sites for hydroxylation is 1. The van der Waals surface area contributed by atoms with E-state index in [0.29, 0.717) is 11.6 Å². The van der Waals surface area contributed by atoms with Crippen molar-refractivity contribution in [2.24, 2.45) is 0 Å². The van der Waals surface area contributed by atoms with Crippen molar-refractivity contribution in [2.75, 3.05) is 38.7 Å². The fraction of sp³-hybridized carbons (Fsp3) is 0.545. The van der Waals surface area contributed by atoms with E-state index in [1.165, 1.54) is 4.90 Å². The Morgan fingerprint density at radius 3 is 2.44 bits per heavy atom. The molecule has 100 valence electrons. The van der Waals surface area contributed by atoms with Crippen LogP contribution >= 0.6 is 0 Å². The molecule has 0 saturated heterocycles. The van der Waals surface area contributed by atoms with Gasteiger partial charge in [-0.25, -0.2) is 9.97 Å². The first-order valence-corrected chi connectivity index (χ1v) is 5.66. The SMILES string of the molecule is CNc1nc(C)cc(C(=O)N(CCO)CCO)n1. The number of hydrogen-bond acceptors (Lipinski definition) is 6. The van der Waals surface area contributed by atoms with Gasteiger partial charge in [0.1, 0.15) is 5.69 Å². The zero-order valence-corrected chi connectivity index (χ0v) is 10.6. The van der Waals surface area contributed by atoms with Gasteiger partial charge in [-0.15, -0.1) is 0 Å². The van der Waals surface area contributed by atoms with Crippen molar-refractivity contribution in [1.29, 1.82) is 0 Å². The van der Waals surface area contributed by atoms with Gasteiger partial charge in [-0.1, -0.05) is 0 Å². The number of rotatable bonds is 6. The third-order valence-electron chi connectivity index (χ3n) is 2.32. The maximum atomic E-state index is 12.1. The second-order valence-electron chi connectivity index (χ2n) is 3.71. The van der Waals surface area contributed by atoms with Crippen LogP contribution in [0, 0.1) is 6.92 Å². The lowest BCUT2D eigenvalue weighted by Crippen LogP contribution is -2.36. The van der Waals surface area contributed by atoms with Gasteiger partial charge in [-0.05, 0) is 13.0 Å². The lowest BCUT2D eigenvalue weighted by Gasteiger charge is -2.20. The second-order valence-corrected chi connectivity index (χ2v) is 3.71.